The molecule has 0 aliphatic carbocycles. The van der Waals surface area contributed by atoms with Crippen molar-refractivity contribution in [3.05, 3.63) is 87.1 Å². The number of fused-ring (bicyclic) bond motifs is 1. The summed E-state index contributed by atoms with van der Waals surface area (Å²) in [5.74, 6) is -0.0716. The number of imidazole rings is 1. The van der Waals surface area contributed by atoms with Crippen LogP contribution in [0, 0.1) is 0 Å². The van der Waals surface area contributed by atoms with Gasteiger partial charge in [0.2, 0.25) is 5.91 Å². The Balaban J connectivity index is 1.71. The standard InChI is InChI=1S/C22H21N5O3S/c1-25-19-18(20(29)26(2)22(25)30)27(13-15-9-5-3-6-10-15)21(24-19)31-14-17(28)23-16-11-7-4-8-12-16/h3-12H,13-14H2,1-2H3,(H,23,28). The summed E-state index contributed by atoms with van der Waals surface area (Å²) in [4.78, 5) is 42.2. The molecule has 158 valence electrons. The molecule has 1 amide bonds. The molecule has 0 fully saturated rings. The van der Waals surface area contributed by atoms with Crippen LogP contribution in [0.2, 0.25) is 0 Å². The van der Waals surface area contributed by atoms with Crippen LogP contribution >= 0.6 is 11.8 Å². The number of thioether (sulfide) groups is 1. The molecule has 8 nitrogen and oxygen atoms in total. The van der Waals surface area contributed by atoms with Gasteiger partial charge in [0.25, 0.3) is 5.56 Å². The van der Waals surface area contributed by atoms with Gasteiger partial charge in [-0.1, -0.05) is 60.3 Å². The lowest BCUT2D eigenvalue weighted by atomic mass is 10.2. The topological polar surface area (TPSA) is 90.9 Å². The summed E-state index contributed by atoms with van der Waals surface area (Å²) in [5.41, 5.74) is 1.47. The molecule has 0 saturated heterocycles. The highest BCUT2D eigenvalue weighted by molar-refractivity contribution is 7.99. The predicted octanol–water partition coefficient (Wildman–Crippen LogP) is 2.21. The number of benzene rings is 2. The Morgan fingerprint density at radius 2 is 1.61 bits per heavy atom. The van der Waals surface area contributed by atoms with E-state index in [1.807, 2.05) is 60.7 Å². The number of nitrogens with one attached hydrogen (secondary N) is 1. The minimum Gasteiger partial charge on any atom is -0.325 e. The molecule has 0 atom stereocenters. The minimum absolute atomic E-state index is 0.112. The molecule has 2 aromatic heterocycles. The van der Waals surface area contributed by atoms with E-state index in [1.54, 1.807) is 11.6 Å². The van der Waals surface area contributed by atoms with Crippen LogP contribution in [-0.4, -0.2) is 30.3 Å². The molecule has 4 rings (SSSR count). The van der Waals surface area contributed by atoms with Crippen molar-refractivity contribution in [1.82, 2.24) is 18.7 Å². The van der Waals surface area contributed by atoms with E-state index in [-0.39, 0.29) is 11.7 Å². The summed E-state index contributed by atoms with van der Waals surface area (Å²) in [6.45, 7) is 0.396. The number of rotatable bonds is 6. The molecule has 9 heteroatoms. The first-order valence-electron chi connectivity index (χ1n) is 9.63. The molecule has 31 heavy (non-hydrogen) atoms. The fraction of sp³-hybridized carbons (Fsp3) is 0.182. The Labute approximate surface area is 182 Å². The van der Waals surface area contributed by atoms with Crippen LogP contribution in [0.25, 0.3) is 11.2 Å². The number of aryl methyl sites for hydroxylation is 1. The van der Waals surface area contributed by atoms with Crippen LogP contribution in [0.5, 0.6) is 0 Å². The van der Waals surface area contributed by atoms with E-state index in [0.717, 1.165) is 10.1 Å². The van der Waals surface area contributed by atoms with Gasteiger partial charge in [-0.25, -0.2) is 9.78 Å². The molecule has 0 bridgehead atoms. The molecule has 0 aliphatic rings. The lowest BCUT2D eigenvalue weighted by Crippen LogP contribution is -2.37. The van der Waals surface area contributed by atoms with Crippen molar-refractivity contribution in [3.8, 4) is 0 Å². The SMILES string of the molecule is Cn1c(=O)c2c(nc(SCC(=O)Nc3ccccc3)n2Cc2ccccc2)n(C)c1=O. The smallest absolute Gasteiger partial charge is 0.325 e. The number of aromatic nitrogens is 4. The number of carbonyl (C=O) groups excluding carboxylic acids is 1. The van der Waals surface area contributed by atoms with Crippen molar-refractivity contribution in [2.75, 3.05) is 11.1 Å². The van der Waals surface area contributed by atoms with Crippen LogP contribution in [0.4, 0.5) is 5.69 Å². The van der Waals surface area contributed by atoms with Gasteiger partial charge in [0.1, 0.15) is 0 Å². The van der Waals surface area contributed by atoms with Gasteiger partial charge >= 0.3 is 5.69 Å². The minimum atomic E-state index is -0.444. The normalized spacial score (nSPS) is 11.0. The van der Waals surface area contributed by atoms with Crippen molar-refractivity contribution < 1.29 is 4.79 Å². The van der Waals surface area contributed by atoms with Crippen LogP contribution < -0.4 is 16.6 Å². The van der Waals surface area contributed by atoms with Crippen molar-refractivity contribution in [2.45, 2.75) is 11.7 Å². The van der Waals surface area contributed by atoms with Crippen LogP contribution in [0.3, 0.4) is 0 Å². The molecule has 4 aromatic rings. The van der Waals surface area contributed by atoms with Gasteiger partial charge in [0.05, 0.1) is 12.3 Å². The monoisotopic (exact) mass is 435 g/mol. The number of nitrogens with zero attached hydrogens (tertiary/aromatic N) is 4. The third-order valence-corrected chi connectivity index (χ3v) is 5.86. The summed E-state index contributed by atoms with van der Waals surface area (Å²) in [5, 5.41) is 3.34. The Kier molecular flexibility index (Phi) is 5.77. The van der Waals surface area contributed by atoms with E-state index in [2.05, 4.69) is 10.3 Å². The highest BCUT2D eigenvalue weighted by Crippen LogP contribution is 2.23. The molecule has 2 heterocycles. The fourth-order valence-corrected chi connectivity index (χ4v) is 4.09. The van der Waals surface area contributed by atoms with Crippen molar-refractivity contribution in [1.29, 1.82) is 0 Å². The zero-order valence-electron chi connectivity index (χ0n) is 17.1. The quantitative estimate of drug-likeness (QED) is 0.469. The molecular weight excluding hydrogens is 414 g/mol. The molecule has 0 spiro atoms. The number of hydrogen-bond acceptors (Lipinski definition) is 5. The average Bonchev–Trinajstić information content (AvgIpc) is 3.14. The summed E-state index contributed by atoms with van der Waals surface area (Å²) in [6.07, 6.45) is 0. The van der Waals surface area contributed by atoms with Gasteiger partial charge in [0.15, 0.2) is 16.3 Å². The average molecular weight is 436 g/mol. The van der Waals surface area contributed by atoms with E-state index >= 15 is 0 Å². The molecular formula is C22H21N5O3S. The van der Waals surface area contributed by atoms with E-state index in [0.29, 0.717) is 28.6 Å². The maximum atomic E-state index is 12.9. The maximum Gasteiger partial charge on any atom is 0.332 e. The van der Waals surface area contributed by atoms with Gasteiger partial charge < -0.3 is 9.88 Å². The molecule has 0 radical (unpaired) electrons. The zero-order valence-corrected chi connectivity index (χ0v) is 17.9. The fourth-order valence-electron chi connectivity index (χ4n) is 3.30. The van der Waals surface area contributed by atoms with Crippen molar-refractivity contribution >= 4 is 34.5 Å². The highest BCUT2D eigenvalue weighted by atomic mass is 32.2. The van der Waals surface area contributed by atoms with Gasteiger partial charge in [-0.2, -0.15) is 0 Å². The lowest BCUT2D eigenvalue weighted by Gasteiger charge is -2.10. The largest absolute Gasteiger partial charge is 0.332 e. The summed E-state index contributed by atoms with van der Waals surface area (Å²) in [6, 6.07) is 18.9. The third-order valence-electron chi connectivity index (χ3n) is 4.89. The van der Waals surface area contributed by atoms with Crippen LogP contribution in [0.1, 0.15) is 5.56 Å². The molecule has 1 N–H and O–H groups in total. The van der Waals surface area contributed by atoms with E-state index in [1.165, 1.54) is 23.4 Å². The van der Waals surface area contributed by atoms with Crippen LogP contribution in [0.15, 0.2) is 75.4 Å². The van der Waals surface area contributed by atoms with E-state index < -0.39 is 11.2 Å². The lowest BCUT2D eigenvalue weighted by molar-refractivity contribution is -0.113. The first kappa shape index (κ1) is 20.7. The Hall–Kier alpha value is -3.59. The molecule has 0 aliphatic heterocycles. The van der Waals surface area contributed by atoms with Crippen molar-refractivity contribution in [3.63, 3.8) is 0 Å². The predicted molar refractivity (Wildman–Crippen MR) is 122 cm³/mol. The summed E-state index contributed by atoms with van der Waals surface area (Å²) in [7, 11) is 3.03. The van der Waals surface area contributed by atoms with Gasteiger partial charge in [-0.15, -0.1) is 0 Å². The number of hydrogen-bond donors (Lipinski definition) is 1. The first-order chi connectivity index (χ1) is 15.0. The van der Waals surface area contributed by atoms with E-state index in [9.17, 15) is 14.4 Å². The second-order valence-corrected chi connectivity index (χ2v) is 7.99. The second kappa shape index (κ2) is 8.65. The van der Waals surface area contributed by atoms with E-state index in [4.69, 9.17) is 0 Å². The first-order valence-corrected chi connectivity index (χ1v) is 10.6. The second-order valence-electron chi connectivity index (χ2n) is 7.05. The Morgan fingerprint density at radius 1 is 0.968 bits per heavy atom. The Bertz CT molecular complexity index is 1360. The number of amides is 1. The van der Waals surface area contributed by atoms with Gasteiger partial charge in [-0.3, -0.25) is 18.7 Å². The van der Waals surface area contributed by atoms with Gasteiger partial charge in [0, 0.05) is 19.8 Å². The highest BCUT2D eigenvalue weighted by Gasteiger charge is 2.20. The third kappa shape index (κ3) is 4.17. The molecule has 2 aromatic carbocycles. The number of para-hydroxylation sites is 1. The summed E-state index contributed by atoms with van der Waals surface area (Å²) >= 11 is 1.22. The molecule has 0 saturated carbocycles. The maximum absolute atomic E-state index is 12.9. The number of carbonyl (C=O) groups is 1. The molecule has 0 unspecified atom stereocenters. The number of anilines is 1. The van der Waals surface area contributed by atoms with Crippen molar-refractivity contribution in [2.24, 2.45) is 14.1 Å². The summed E-state index contributed by atoms with van der Waals surface area (Å²) < 4.78 is 4.20. The zero-order chi connectivity index (χ0) is 22.0. The van der Waals surface area contributed by atoms with Crippen LogP contribution in [-0.2, 0) is 25.4 Å². The Morgan fingerprint density at radius 3 is 2.29 bits per heavy atom. The van der Waals surface area contributed by atoms with Gasteiger partial charge in [-0.05, 0) is 17.7 Å².